The van der Waals surface area contributed by atoms with E-state index in [2.05, 4.69) is 42.4 Å². The highest BCUT2D eigenvalue weighted by atomic mass is 16.1. The van der Waals surface area contributed by atoms with Crippen LogP contribution in [0.5, 0.6) is 0 Å². The van der Waals surface area contributed by atoms with Crippen LogP contribution in [0.25, 0.3) is 11.3 Å². The second-order valence-electron chi connectivity index (χ2n) is 9.52. The Morgan fingerprint density at radius 1 is 1.00 bits per heavy atom. The first-order valence-corrected chi connectivity index (χ1v) is 12.7. The van der Waals surface area contributed by atoms with Crippen molar-refractivity contribution in [3.8, 4) is 11.3 Å². The lowest BCUT2D eigenvalue weighted by Crippen LogP contribution is -2.48. The highest BCUT2D eigenvalue weighted by molar-refractivity contribution is 6.04. The molecule has 1 saturated heterocycles. The van der Waals surface area contributed by atoms with Gasteiger partial charge in [-0.1, -0.05) is 18.2 Å². The first-order valence-electron chi connectivity index (χ1n) is 12.7. The van der Waals surface area contributed by atoms with Crippen LogP contribution in [0.2, 0.25) is 0 Å². The van der Waals surface area contributed by atoms with Gasteiger partial charge < -0.3 is 21.3 Å². The fourth-order valence-electron chi connectivity index (χ4n) is 4.39. The Bertz CT molecular complexity index is 1390. The largest absolute Gasteiger partial charge is 0.324 e. The maximum atomic E-state index is 13.0. The summed E-state index contributed by atoms with van der Waals surface area (Å²) in [5, 5.41) is 6.26. The van der Waals surface area contributed by atoms with Crippen LogP contribution in [0.1, 0.15) is 27.7 Å². The van der Waals surface area contributed by atoms with Crippen molar-refractivity contribution in [2.45, 2.75) is 13.1 Å². The number of rotatable bonds is 7. The Hall–Kier alpha value is -4.18. The Morgan fingerprint density at radius 2 is 1.79 bits per heavy atom. The van der Waals surface area contributed by atoms with E-state index in [1.165, 1.54) is 0 Å². The number of hydrogen-bond donors (Lipinski definition) is 3. The third-order valence-electron chi connectivity index (χ3n) is 6.80. The molecule has 0 radical (unpaired) electrons. The van der Waals surface area contributed by atoms with E-state index >= 15 is 0 Å². The number of anilines is 3. The third-order valence-corrected chi connectivity index (χ3v) is 6.80. The number of benzene rings is 2. The summed E-state index contributed by atoms with van der Waals surface area (Å²) >= 11 is 0. The zero-order valence-corrected chi connectivity index (χ0v) is 21.6. The average Bonchev–Trinajstić information content (AvgIpc) is 2.95. The van der Waals surface area contributed by atoms with Crippen molar-refractivity contribution < 1.29 is 4.79 Å². The molecule has 1 fully saturated rings. The Kier molecular flexibility index (Phi) is 7.69. The zero-order valence-electron chi connectivity index (χ0n) is 21.6. The van der Waals surface area contributed by atoms with Crippen LogP contribution < -0.4 is 16.4 Å². The van der Waals surface area contributed by atoms with E-state index in [9.17, 15) is 4.79 Å². The molecule has 0 saturated carbocycles. The predicted octanol–water partition coefficient (Wildman–Crippen LogP) is 4.05. The molecule has 1 aliphatic heterocycles. The zero-order chi connectivity index (χ0) is 26.5. The van der Waals surface area contributed by atoms with Gasteiger partial charge in [-0.3, -0.25) is 14.7 Å². The van der Waals surface area contributed by atoms with Crippen LogP contribution in [0.15, 0.2) is 79.3 Å². The van der Waals surface area contributed by atoms with Crippen LogP contribution in [0.4, 0.5) is 17.3 Å². The van der Waals surface area contributed by atoms with Crippen LogP contribution in [0, 0.1) is 6.92 Å². The summed E-state index contributed by atoms with van der Waals surface area (Å²) in [6.07, 6.45) is 5.01. The molecule has 1 unspecified atom stereocenters. The number of nitrogens with zero attached hydrogens (tertiary/aromatic N) is 5. The van der Waals surface area contributed by atoms with E-state index in [0.29, 0.717) is 17.2 Å². The van der Waals surface area contributed by atoms with Gasteiger partial charge >= 0.3 is 0 Å². The van der Waals surface area contributed by atoms with E-state index in [1.54, 1.807) is 18.6 Å². The van der Waals surface area contributed by atoms with Gasteiger partial charge in [-0.05, 0) is 67.6 Å². The lowest BCUT2D eigenvalue weighted by Gasteiger charge is -2.36. The second kappa shape index (κ2) is 11.5. The topological polar surface area (TPSA) is 112 Å². The van der Waals surface area contributed by atoms with E-state index in [4.69, 9.17) is 5.73 Å². The van der Waals surface area contributed by atoms with Crippen molar-refractivity contribution in [2.75, 3.05) is 43.9 Å². The number of amides is 1. The summed E-state index contributed by atoms with van der Waals surface area (Å²) in [5.74, 6) is 0.277. The molecule has 9 heteroatoms. The fraction of sp³-hybridized carbons (Fsp3) is 0.241. The number of piperazine rings is 1. The lowest BCUT2D eigenvalue weighted by atomic mass is 10.1. The Labute approximate surface area is 222 Å². The molecule has 0 spiro atoms. The van der Waals surface area contributed by atoms with Crippen molar-refractivity contribution in [3.05, 3.63) is 95.9 Å². The number of pyridine rings is 1. The molecule has 9 nitrogen and oxygen atoms in total. The minimum Gasteiger partial charge on any atom is -0.324 e. The molecular weight excluding hydrogens is 476 g/mol. The number of carbonyl (C=O) groups is 1. The van der Waals surface area contributed by atoms with E-state index in [1.807, 2.05) is 67.6 Å². The predicted molar refractivity (Wildman–Crippen MR) is 150 cm³/mol. The Morgan fingerprint density at radius 3 is 2.53 bits per heavy atom. The van der Waals surface area contributed by atoms with Gasteiger partial charge in [-0.25, -0.2) is 9.97 Å². The summed E-state index contributed by atoms with van der Waals surface area (Å²) in [6, 6.07) is 19.0. The van der Waals surface area contributed by atoms with Crippen molar-refractivity contribution >= 4 is 23.2 Å². The molecule has 4 aromatic rings. The number of carbonyl (C=O) groups excluding carboxylic acids is 1. The molecule has 38 heavy (non-hydrogen) atoms. The highest BCUT2D eigenvalue weighted by Crippen LogP contribution is 2.25. The molecule has 2 aromatic carbocycles. The van der Waals surface area contributed by atoms with Crippen LogP contribution in [0.3, 0.4) is 0 Å². The minimum absolute atomic E-state index is 0.176. The minimum atomic E-state index is -0.181. The standard InChI is InChI=1S/C29H32N8O/c1-20-5-10-24(33-29-32-13-11-25(35-29)23-4-3-12-31-19-23)18-26(20)34-28(38)22-8-6-21(7-9-22)27(30)37-16-14-36(2)15-17-37/h3-13,18-19,27H,14-17,30H2,1-2H3,(H,34,38)(H,32,33,35). The van der Waals surface area contributed by atoms with Crippen molar-refractivity contribution in [1.82, 2.24) is 24.8 Å². The quantitative estimate of drug-likeness (QED) is 0.343. The van der Waals surface area contributed by atoms with Gasteiger partial charge in [-0.2, -0.15) is 0 Å². The molecule has 1 amide bonds. The van der Waals surface area contributed by atoms with Gasteiger partial charge in [-0.15, -0.1) is 0 Å². The Balaban J connectivity index is 1.25. The van der Waals surface area contributed by atoms with Crippen LogP contribution in [-0.2, 0) is 0 Å². The first-order chi connectivity index (χ1) is 18.5. The molecule has 1 atom stereocenters. The van der Waals surface area contributed by atoms with Crippen LogP contribution in [-0.4, -0.2) is 63.9 Å². The lowest BCUT2D eigenvalue weighted by molar-refractivity contribution is 0.102. The number of nitrogens with one attached hydrogen (secondary N) is 2. The summed E-state index contributed by atoms with van der Waals surface area (Å²) < 4.78 is 0. The molecule has 194 valence electrons. The second-order valence-corrected chi connectivity index (χ2v) is 9.52. The van der Waals surface area contributed by atoms with E-state index < -0.39 is 0 Å². The molecule has 1 aliphatic rings. The normalized spacial score (nSPS) is 15.1. The molecule has 4 N–H and O–H groups in total. The molecule has 0 bridgehead atoms. The van der Waals surface area contributed by atoms with Gasteiger partial charge in [0.2, 0.25) is 5.95 Å². The van der Waals surface area contributed by atoms with Gasteiger partial charge in [0.25, 0.3) is 5.91 Å². The number of likely N-dealkylation sites (N-methyl/N-ethyl adjacent to an activating group) is 1. The maximum absolute atomic E-state index is 13.0. The number of aromatic nitrogens is 3. The summed E-state index contributed by atoms with van der Waals surface area (Å²) in [7, 11) is 2.12. The van der Waals surface area contributed by atoms with Crippen molar-refractivity contribution in [3.63, 3.8) is 0 Å². The highest BCUT2D eigenvalue weighted by Gasteiger charge is 2.21. The monoisotopic (exact) mass is 508 g/mol. The summed E-state index contributed by atoms with van der Waals surface area (Å²) in [6.45, 7) is 5.83. The van der Waals surface area contributed by atoms with Gasteiger partial charge in [0.15, 0.2) is 0 Å². The summed E-state index contributed by atoms with van der Waals surface area (Å²) in [5.41, 5.74) is 12.2. The smallest absolute Gasteiger partial charge is 0.255 e. The number of aryl methyl sites for hydroxylation is 1. The van der Waals surface area contributed by atoms with E-state index in [0.717, 1.165) is 54.3 Å². The first kappa shape index (κ1) is 25.5. The average molecular weight is 509 g/mol. The summed E-state index contributed by atoms with van der Waals surface area (Å²) in [4.78, 5) is 30.7. The number of hydrogen-bond acceptors (Lipinski definition) is 8. The molecule has 2 aromatic heterocycles. The maximum Gasteiger partial charge on any atom is 0.255 e. The molecule has 3 heterocycles. The van der Waals surface area contributed by atoms with Gasteiger partial charge in [0, 0.05) is 67.3 Å². The number of nitrogens with two attached hydrogens (primary N) is 1. The van der Waals surface area contributed by atoms with E-state index in [-0.39, 0.29) is 12.1 Å². The molecule has 5 rings (SSSR count). The SMILES string of the molecule is Cc1ccc(Nc2nccc(-c3cccnc3)n2)cc1NC(=O)c1ccc(C(N)N2CCN(C)CC2)cc1. The van der Waals surface area contributed by atoms with Gasteiger partial charge in [0.1, 0.15) is 0 Å². The van der Waals surface area contributed by atoms with Crippen molar-refractivity contribution in [1.29, 1.82) is 0 Å². The van der Waals surface area contributed by atoms with Gasteiger partial charge in [0.05, 0.1) is 11.9 Å². The molecule has 0 aliphatic carbocycles. The molecular formula is C29H32N8O. The fourth-order valence-corrected chi connectivity index (χ4v) is 4.39. The third kappa shape index (κ3) is 6.03. The van der Waals surface area contributed by atoms with Crippen molar-refractivity contribution in [2.24, 2.45) is 5.73 Å². The van der Waals surface area contributed by atoms with Crippen LogP contribution >= 0.6 is 0 Å².